The maximum absolute atomic E-state index is 12.5. The van der Waals surface area contributed by atoms with Gasteiger partial charge in [-0.05, 0) is 61.1 Å². The highest BCUT2D eigenvalue weighted by Gasteiger charge is 2.34. The summed E-state index contributed by atoms with van der Waals surface area (Å²) in [6.45, 7) is 11.9. The fraction of sp³-hybridized carbons (Fsp3) is 0.455. The standard InChI is InChI=1S/C33H38N6O2/c1-4-30(40)39-18-17-38(19-26(39)13-15-34)32-27-14-16-37(29-10-6-9-25-8-5-7-22(2)31(25)29)20-28(27)35-33(36-32)41-21-23(3)24-11-12-24/h4-10,23-24,26H,1,11-14,16-21H2,2-3H3/t23?,26-/m0/s1. The molecular formula is C33H38N6O2. The van der Waals surface area contributed by atoms with Crippen LogP contribution in [0.2, 0.25) is 0 Å². The number of hydrogen-bond donors (Lipinski definition) is 0. The molecule has 0 bridgehead atoms. The van der Waals surface area contributed by atoms with Crippen molar-refractivity contribution in [1.82, 2.24) is 14.9 Å². The molecule has 212 valence electrons. The third-order valence-corrected chi connectivity index (χ3v) is 8.92. The Morgan fingerprint density at radius 1 is 1.17 bits per heavy atom. The lowest BCUT2D eigenvalue weighted by molar-refractivity contribution is -0.128. The molecule has 6 rings (SSSR count). The lowest BCUT2D eigenvalue weighted by Crippen LogP contribution is -2.55. The number of nitriles is 1. The number of ether oxygens (including phenoxy) is 1. The fourth-order valence-corrected chi connectivity index (χ4v) is 6.43. The highest BCUT2D eigenvalue weighted by molar-refractivity contribution is 5.97. The van der Waals surface area contributed by atoms with Gasteiger partial charge in [-0.25, -0.2) is 0 Å². The van der Waals surface area contributed by atoms with Crippen molar-refractivity contribution >= 4 is 28.2 Å². The summed E-state index contributed by atoms with van der Waals surface area (Å²) in [6.07, 6.45) is 4.95. The first-order valence-corrected chi connectivity index (χ1v) is 14.8. The van der Waals surface area contributed by atoms with Gasteiger partial charge < -0.3 is 19.4 Å². The van der Waals surface area contributed by atoms with Crippen molar-refractivity contribution in [3.63, 3.8) is 0 Å². The SMILES string of the molecule is C=CC(=O)N1CCN(c2nc(OCC(C)C3CC3)nc3c2CCN(c2cccc4cccc(C)c24)C3)C[C@@H]1CC#N. The van der Waals surface area contributed by atoms with Crippen LogP contribution in [0.1, 0.15) is 43.0 Å². The summed E-state index contributed by atoms with van der Waals surface area (Å²) >= 11 is 0. The zero-order valence-electron chi connectivity index (χ0n) is 24.1. The lowest BCUT2D eigenvalue weighted by atomic mass is 9.99. The van der Waals surface area contributed by atoms with E-state index in [9.17, 15) is 10.1 Å². The third kappa shape index (κ3) is 5.46. The van der Waals surface area contributed by atoms with Gasteiger partial charge in [-0.15, -0.1) is 0 Å². The molecule has 1 saturated heterocycles. The first-order chi connectivity index (χ1) is 20.0. The Bertz CT molecular complexity index is 1500. The average Bonchev–Trinajstić information content (AvgIpc) is 3.85. The number of amides is 1. The van der Waals surface area contributed by atoms with Crippen LogP contribution in [0.25, 0.3) is 10.8 Å². The van der Waals surface area contributed by atoms with Crippen molar-refractivity contribution in [1.29, 1.82) is 5.26 Å². The van der Waals surface area contributed by atoms with Gasteiger partial charge in [-0.3, -0.25) is 4.79 Å². The molecule has 2 atom stereocenters. The maximum Gasteiger partial charge on any atom is 0.318 e. The van der Waals surface area contributed by atoms with E-state index in [1.165, 1.54) is 40.9 Å². The summed E-state index contributed by atoms with van der Waals surface area (Å²) in [5.41, 5.74) is 4.62. The van der Waals surface area contributed by atoms with Gasteiger partial charge in [-0.2, -0.15) is 15.2 Å². The molecule has 2 fully saturated rings. The molecule has 8 nitrogen and oxygen atoms in total. The second-order valence-electron chi connectivity index (χ2n) is 11.7. The van der Waals surface area contributed by atoms with Gasteiger partial charge in [0.2, 0.25) is 5.91 Å². The van der Waals surface area contributed by atoms with Crippen LogP contribution in [0.15, 0.2) is 49.1 Å². The number of aromatic nitrogens is 2. The predicted molar refractivity (Wildman–Crippen MR) is 161 cm³/mol. The molecule has 8 heteroatoms. The van der Waals surface area contributed by atoms with E-state index >= 15 is 0 Å². The van der Waals surface area contributed by atoms with Crippen molar-refractivity contribution in [3.05, 3.63) is 65.9 Å². The van der Waals surface area contributed by atoms with E-state index in [0.717, 1.165) is 36.0 Å². The number of rotatable bonds is 8. The Labute approximate surface area is 242 Å². The van der Waals surface area contributed by atoms with E-state index in [-0.39, 0.29) is 18.4 Å². The quantitative estimate of drug-likeness (QED) is 0.363. The molecule has 1 unspecified atom stereocenters. The van der Waals surface area contributed by atoms with Crippen LogP contribution in [-0.4, -0.2) is 59.6 Å². The van der Waals surface area contributed by atoms with Gasteiger partial charge in [-0.1, -0.05) is 43.8 Å². The number of hydrogen-bond acceptors (Lipinski definition) is 7. The number of anilines is 2. The van der Waals surface area contributed by atoms with E-state index in [4.69, 9.17) is 14.7 Å². The van der Waals surface area contributed by atoms with E-state index < -0.39 is 0 Å². The minimum absolute atomic E-state index is 0.131. The number of fused-ring (bicyclic) bond motifs is 2. The largest absolute Gasteiger partial charge is 0.463 e. The van der Waals surface area contributed by atoms with Gasteiger partial charge in [0.15, 0.2) is 0 Å². The monoisotopic (exact) mass is 550 g/mol. The molecule has 0 radical (unpaired) electrons. The molecule has 3 aromatic rings. The van der Waals surface area contributed by atoms with Gasteiger partial charge in [0.1, 0.15) is 5.82 Å². The first-order valence-electron chi connectivity index (χ1n) is 14.8. The fourth-order valence-electron chi connectivity index (χ4n) is 6.43. The van der Waals surface area contributed by atoms with Crippen LogP contribution >= 0.6 is 0 Å². The van der Waals surface area contributed by atoms with Gasteiger partial charge in [0.05, 0.1) is 37.4 Å². The van der Waals surface area contributed by atoms with Gasteiger partial charge in [0, 0.05) is 42.8 Å². The third-order valence-electron chi connectivity index (χ3n) is 8.92. The molecule has 0 spiro atoms. The second kappa shape index (κ2) is 11.4. The Kier molecular flexibility index (Phi) is 7.53. The molecule has 1 aromatic heterocycles. The zero-order valence-corrected chi connectivity index (χ0v) is 24.1. The molecule has 1 aliphatic carbocycles. The summed E-state index contributed by atoms with van der Waals surface area (Å²) in [7, 11) is 0. The summed E-state index contributed by atoms with van der Waals surface area (Å²) in [6, 6.07) is 15.4. The minimum Gasteiger partial charge on any atom is -0.463 e. The molecule has 2 aliphatic heterocycles. The topological polar surface area (TPSA) is 85.6 Å². The van der Waals surface area contributed by atoms with Crippen LogP contribution in [0.4, 0.5) is 11.5 Å². The highest BCUT2D eigenvalue weighted by Crippen LogP contribution is 2.38. The average molecular weight is 551 g/mol. The number of carbonyl (C=O) groups is 1. The summed E-state index contributed by atoms with van der Waals surface area (Å²) in [5.74, 6) is 1.96. The molecular weight excluding hydrogens is 512 g/mol. The van der Waals surface area contributed by atoms with Crippen molar-refractivity contribution in [2.24, 2.45) is 11.8 Å². The first kappa shape index (κ1) is 27.1. The Hall–Kier alpha value is -4.12. The van der Waals surface area contributed by atoms with Crippen molar-refractivity contribution in [2.75, 3.05) is 42.6 Å². The lowest BCUT2D eigenvalue weighted by Gasteiger charge is -2.42. The molecule has 3 aliphatic rings. The van der Waals surface area contributed by atoms with Crippen LogP contribution in [0.5, 0.6) is 6.01 Å². The zero-order chi connectivity index (χ0) is 28.5. The summed E-state index contributed by atoms with van der Waals surface area (Å²) in [4.78, 5) is 28.9. The van der Waals surface area contributed by atoms with Crippen molar-refractivity contribution in [2.45, 2.75) is 52.1 Å². The van der Waals surface area contributed by atoms with Gasteiger partial charge >= 0.3 is 6.01 Å². The molecule has 2 aromatic carbocycles. The summed E-state index contributed by atoms with van der Waals surface area (Å²) < 4.78 is 6.25. The van der Waals surface area contributed by atoms with Crippen molar-refractivity contribution in [3.8, 4) is 12.1 Å². The molecule has 1 amide bonds. The van der Waals surface area contributed by atoms with Crippen LogP contribution in [0.3, 0.4) is 0 Å². The van der Waals surface area contributed by atoms with Crippen LogP contribution < -0.4 is 14.5 Å². The van der Waals surface area contributed by atoms with E-state index in [1.54, 1.807) is 4.90 Å². The Balaban J connectivity index is 1.34. The van der Waals surface area contributed by atoms with Crippen LogP contribution in [-0.2, 0) is 17.8 Å². The van der Waals surface area contributed by atoms with E-state index in [2.05, 4.69) is 72.7 Å². The molecule has 3 heterocycles. The predicted octanol–water partition coefficient (Wildman–Crippen LogP) is 5.04. The second-order valence-corrected chi connectivity index (χ2v) is 11.7. The van der Waals surface area contributed by atoms with E-state index in [1.807, 2.05) is 0 Å². The Morgan fingerprint density at radius 3 is 2.73 bits per heavy atom. The van der Waals surface area contributed by atoms with E-state index in [0.29, 0.717) is 44.7 Å². The summed E-state index contributed by atoms with van der Waals surface area (Å²) in [5, 5.41) is 12.0. The maximum atomic E-state index is 12.5. The molecule has 41 heavy (non-hydrogen) atoms. The smallest absolute Gasteiger partial charge is 0.318 e. The van der Waals surface area contributed by atoms with Crippen LogP contribution in [0, 0.1) is 30.1 Å². The number of aryl methyl sites for hydroxylation is 1. The number of piperazine rings is 1. The molecule has 0 N–H and O–H groups in total. The number of carbonyl (C=O) groups excluding carboxylic acids is 1. The Morgan fingerprint density at radius 2 is 1.98 bits per heavy atom. The minimum atomic E-state index is -0.220. The van der Waals surface area contributed by atoms with Gasteiger partial charge in [0.25, 0.3) is 0 Å². The number of benzene rings is 2. The highest BCUT2D eigenvalue weighted by atomic mass is 16.5. The molecule has 1 saturated carbocycles. The number of nitrogens with zero attached hydrogens (tertiary/aromatic N) is 6. The normalized spacial score (nSPS) is 19.4. The van der Waals surface area contributed by atoms with Crippen molar-refractivity contribution < 1.29 is 9.53 Å².